The van der Waals surface area contributed by atoms with Crippen molar-refractivity contribution in [1.29, 1.82) is 0 Å². The van der Waals surface area contributed by atoms with Gasteiger partial charge in [-0.1, -0.05) is 23.7 Å². The van der Waals surface area contributed by atoms with E-state index in [0.29, 0.717) is 28.8 Å². The number of aliphatic hydroxyl groups is 1. The van der Waals surface area contributed by atoms with E-state index in [1.807, 2.05) is 12.1 Å². The van der Waals surface area contributed by atoms with Gasteiger partial charge in [0.25, 0.3) is 0 Å². The van der Waals surface area contributed by atoms with Crippen LogP contribution in [-0.2, 0) is 11.0 Å². The smallest absolute Gasteiger partial charge is 0.451 e. The Balaban J connectivity index is 1.55. The van der Waals surface area contributed by atoms with Crippen LogP contribution >= 0.6 is 11.6 Å². The summed E-state index contributed by atoms with van der Waals surface area (Å²) >= 11 is 6.68. The number of aliphatic imine (C=N–C) groups is 1. The average molecular weight is 526 g/mol. The maximum Gasteiger partial charge on any atom is 0.451 e. The summed E-state index contributed by atoms with van der Waals surface area (Å²) in [7, 11) is 0. The number of hydrogen-bond acceptors (Lipinski definition) is 7. The number of rotatable bonds is 5. The summed E-state index contributed by atoms with van der Waals surface area (Å²) in [6.07, 6.45) is -1.08. The number of nitrogen functional groups attached to an aromatic ring is 1. The summed E-state index contributed by atoms with van der Waals surface area (Å²) in [6.45, 7) is 3.40. The molecule has 1 amide bonds. The Kier molecular flexibility index (Phi) is 7.16. The molecule has 12 heteroatoms. The monoisotopic (exact) mass is 525 g/mol. The van der Waals surface area contributed by atoms with Crippen molar-refractivity contribution in [2.24, 2.45) is 10.9 Å². The Labute approximate surface area is 211 Å². The number of alkyl halides is 3. The van der Waals surface area contributed by atoms with Gasteiger partial charge in [0.05, 0.1) is 5.71 Å². The molecule has 0 saturated heterocycles. The van der Waals surface area contributed by atoms with Gasteiger partial charge in [-0.3, -0.25) is 4.79 Å². The van der Waals surface area contributed by atoms with Crippen molar-refractivity contribution < 1.29 is 27.8 Å². The van der Waals surface area contributed by atoms with Crippen molar-refractivity contribution in [1.82, 2.24) is 15.3 Å². The van der Waals surface area contributed by atoms with Crippen LogP contribution in [0.25, 0.3) is 0 Å². The summed E-state index contributed by atoms with van der Waals surface area (Å²) in [6, 6.07) is 5.59. The Bertz CT molecular complexity index is 1190. The van der Waals surface area contributed by atoms with E-state index in [1.165, 1.54) is 0 Å². The molecular weight excluding hydrogens is 499 g/mol. The Morgan fingerprint density at radius 2 is 1.94 bits per heavy atom. The number of fused-ring (bicyclic) bond motifs is 1. The quantitative estimate of drug-likeness (QED) is 0.531. The molecule has 2 heterocycles. The lowest BCUT2D eigenvalue weighted by atomic mass is 9.78. The predicted octanol–water partition coefficient (Wildman–Crippen LogP) is 4.41. The molecule has 4 rings (SSSR count). The van der Waals surface area contributed by atoms with Gasteiger partial charge >= 0.3 is 6.18 Å². The van der Waals surface area contributed by atoms with Crippen LogP contribution in [0.2, 0.25) is 5.02 Å². The highest BCUT2D eigenvalue weighted by Gasteiger charge is 2.40. The Morgan fingerprint density at radius 3 is 2.56 bits per heavy atom. The number of nitrogens with two attached hydrogens (primary N) is 1. The van der Waals surface area contributed by atoms with Crippen molar-refractivity contribution in [3.8, 4) is 5.88 Å². The first-order chi connectivity index (χ1) is 16.9. The van der Waals surface area contributed by atoms with Gasteiger partial charge in [-0.05, 0) is 63.0 Å². The first-order valence-corrected chi connectivity index (χ1v) is 12.0. The lowest BCUT2D eigenvalue weighted by Gasteiger charge is -2.33. The van der Waals surface area contributed by atoms with Crippen LogP contribution in [0.3, 0.4) is 0 Å². The second kappa shape index (κ2) is 9.85. The summed E-state index contributed by atoms with van der Waals surface area (Å²) in [5.74, 6) is -1.88. The molecule has 0 spiro atoms. The van der Waals surface area contributed by atoms with Crippen LogP contribution in [-0.4, -0.2) is 45.4 Å². The molecule has 0 unspecified atom stereocenters. The molecule has 194 valence electrons. The largest absolute Gasteiger partial charge is 0.463 e. The van der Waals surface area contributed by atoms with E-state index in [0.717, 1.165) is 31.2 Å². The van der Waals surface area contributed by atoms with E-state index in [2.05, 4.69) is 20.3 Å². The Morgan fingerprint density at radius 1 is 1.25 bits per heavy atom. The summed E-state index contributed by atoms with van der Waals surface area (Å²) in [5.41, 5.74) is 6.73. The average Bonchev–Trinajstić information content (AvgIpc) is 2.81. The lowest BCUT2D eigenvalue weighted by Crippen LogP contribution is -2.41. The molecule has 4 N–H and O–H groups in total. The first-order valence-electron chi connectivity index (χ1n) is 11.6. The van der Waals surface area contributed by atoms with Crippen molar-refractivity contribution in [2.45, 2.75) is 57.2 Å². The number of nitrogens with one attached hydrogen (secondary N) is 1. The predicted molar refractivity (Wildman–Crippen MR) is 129 cm³/mol. The fourth-order valence-corrected chi connectivity index (χ4v) is 5.03. The number of hydrogen-bond donors (Lipinski definition) is 3. The van der Waals surface area contributed by atoms with E-state index >= 15 is 0 Å². The zero-order valence-corrected chi connectivity index (χ0v) is 20.6. The zero-order valence-electron chi connectivity index (χ0n) is 19.8. The number of ether oxygens (including phenoxy) is 1. The van der Waals surface area contributed by atoms with Crippen molar-refractivity contribution in [2.75, 3.05) is 18.9 Å². The van der Waals surface area contributed by atoms with E-state index in [1.54, 1.807) is 19.9 Å². The molecule has 0 bridgehead atoms. The van der Waals surface area contributed by atoms with Crippen LogP contribution in [0.15, 0.2) is 23.2 Å². The van der Waals surface area contributed by atoms with E-state index < -0.39 is 30.0 Å². The highest BCUT2D eigenvalue weighted by molar-refractivity contribution is 6.32. The number of nitrogens with zero attached hydrogens (tertiary/aromatic N) is 3. The van der Waals surface area contributed by atoms with E-state index in [-0.39, 0.29) is 23.4 Å². The fraction of sp³-hybridized carbons (Fsp3) is 0.500. The molecule has 2 aromatic rings. The maximum atomic E-state index is 13.1. The molecule has 1 fully saturated rings. The number of halogens is 4. The molecule has 36 heavy (non-hydrogen) atoms. The van der Waals surface area contributed by atoms with Gasteiger partial charge < -0.3 is 20.9 Å². The first kappa shape index (κ1) is 26.2. The Hall–Kier alpha value is -2.92. The number of anilines is 1. The molecule has 1 aliphatic carbocycles. The lowest BCUT2D eigenvalue weighted by molar-refractivity contribution is -0.145. The minimum atomic E-state index is -4.77. The molecule has 1 aromatic carbocycles. The number of aromatic nitrogens is 2. The zero-order chi connectivity index (χ0) is 26.3. The van der Waals surface area contributed by atoms with Gasteiger partial charge in [-0.2, -0.15) is 18.2 Å². The molecule has 1 saturated carbocycles. The third kappa shape index (κ3) is 5.41. The molecule has 2 aliphatic rings. The SMILES string of the molecule is CC1(C)Oc2nc(C(F)(F)F)nc(N)c2N=C1c1ccc([C@H]2CC[C@H](CNC(=O)CO)CC2)c(Cl)c1. The van der Waals surface area contributed by atoms with Gasteiger partial charge in [-0.25, -0.2) is 9.98 Å². The minimum absolute atomic E-state index is 0.0517. The standard InChI is InChI=1S/C24H27ClF3N5O3/c1-23(2)19(31-18-20(29)32-22(24(26,27)28)33-21(18)36-23)14-7-8-15(16(25)9-14)13-5-3-12(4-6-13)10-30-17(35)11-34/h7-9,12-13,34H,3-6,10-11H2,1-2H3,(H,30,35)(H2,29,32,33)/t12-,13-. The molecule has 0 atom stereocenters. The number of carbonyl (C=O) groups is 1. The third-order valence-corrected chi connectivity index (χ3v) is 6.90. The van der Waals surface area contributed by atoms with Gasteiger partial charge in [0.15, 0.2) is 11.5 Å². The highest BCUT2D eigenvalue weighted by atomic mass is 35.5. The maximum absolute atomic E-state index is 13.1. The van der Waals surface area contributed by atoms with Crippen molar-refractivity contribution in [3.63, 3.8) is 0 Å². The van der Waals surface area contributed by atoms with Crippen LogP contribution in [0.1, 0.15) is 62.4 Å². The van der Waals surface area contributed by atoms with E-state index in [9.17, 15) is 18.0 Å². The third-order valence-electron chi connectivity index (χ3n) is 6.57. The second-order valence-electron chi connectivity index (χ2n) is 9.57. The van der Waals surface area contributed by atoms with Crippen molar-refractivity contribution in [3.05, 3.63) is 40.2 Å². The van der Waals surface area contributed by atoms with Crippen molar-refractivity contribution >= 4 is 34.7 Å². The summed E-state index contributed by atoms with van der Waals surface area (Å²) in [5, 5.41) is 12.1. The number of aliphatic hydroxyl groups excluding tert-OH is 1. The minimum Gasteiger partial charge on any atom is -0.463 e. The van der Waals surface area contributed by atoms with Gasteiger partial charge in [0.2, 0.25) is 17.6 Å². The number of benzene rings is 1. The topological polar surface area (TPSA) is 123 Å². The normalized spacial score (nSPS) is 21.2. The fourth-order valence-electron chi connectivity index (χ4n) is 4.70. The van der Waals surface area contributed by atoms with Crippen LogP contribution in [0.5, 0.6) is 5.88 Å². The molecule has 1 aliphatic heterocycles. The van der Waals surface area contributed by atoms with Crippen LogP contribution in [0, 0.1) is 5.92 Å². The molecular formula is C24H27ClF3N5O3. The van der Waals surface area contributed by atoms with Gasteiger partial charge in [0, 0.05) is 17.1 Å². The van der Waals surface area contributed by atoms with Crippen LogP contribution < -0.4 is 15.8 Å². The molecule has 0 radical (unpaired) electrons. The summed E-state index contributed by atoms with van der Waals surface area (Å²) in [4.78, 5) is 22.6. The van der Waals surface area contributed by atoms with Gasteiger partial charge in [0.1, 0.15) is 12.2 Å². The van der Waals surface area contributed by atoms with E-state index in [4.69, 9.17) is 27.2 Å². The molecule has 8 nitrogen and oxygen atoms in total. The van der Waals surface area contributed by atoms with Crippen LogP contribution in [0.4, 0.5) is 24.7 Å². The number of carbonyl (C=O) groups excluding carboxylic acids is 1. The number of amides is 1. The van der Waals surface area contributed by atoms with Gasteiger partial charge in [-0.15, -0.1) is 0 Å². The molecule has 1 aromatic heterocycles. The highest BCUT2D eigenvalue weighted by Crippen LogP contribution is 2.43. The summed E-state index contributed by atoms with van der Waals surface area (Å²) < 4.78 is 45.1. The second-order valence-corrected chi connectivity index (χ2v) is 9.98.